The molecule has 100 valence electrons. The SMILES string of the molecule is CC(Br)c1cn(Cc2cc(Br)cc3c2OCC3)nn1. The number of rotatable bonds is 3. The topological polar surface area (TPSA) is 39.9 Å². The van der Waals surface area contributed by atoms with Gasteiger partial charge in [-0.1, -0.05) is 37.1 Å². The van der Waals surface area contributed by atoms with E-state index in [2.05, 4.69) is 54.3 Å². The van der Waals surface area contributed by atoms with Crippen molar-refractivity contribution in [1.82, 2.24) is 15.0 Å². The Morgan fingerprint density at radius 2 is 2.32 bits per heavy atom. The summed E-state index contributed by atoms with van der Waals surface area (Å²) in [5, 5.41) is 8.30. The molecule has 1 atom stereocenters. The molecule has 1 aliphatic rings. The molecule has 0 aliphatic carbocycles. The van der Waals surface area contributed by atoms with Crippen molar-refractivity contribution in [2.75, 3.05) is 6.61 Å². The Bertz CT molecular complexity index is 610. The molecule has 0 saturated heterocycles. The van der Waals surface area contributed by atoms with Gasteiger partial charge < -0.3 is 4.74 Å². The van der Waals surface area contributed by atoms with Gasteiger partial charge in [0.25, 0.3) is 0 Å². The van der Waals surface area contributed by atoms with Crippen molar-refractivity contribution in [2.45, 2.75) is 24.7 Å². The van der Waals surface area contributed by atoms with Crippen molar-refractivity contribution in [1.29, 1.82) is 0 Å². The van der Waals surface area contributed by atoms with Crippen molar-refractivity contribution < 1.29 is 4.74 Å². The molecule has 1 aliphatic heterocycles. The molecule has 4 nitrogen and oxygen atoms in total. The quantitative estimate of drug-likeness (QED) is 0.758. The molecule has 1 aromatic carbocycles. The van der Waals surface area contributed by atoms with E-state index in [1.165, 1.54) is 5.56 Å². The van der Waals surface area contributed by atoms with E-state index >= 15 is 0 Å². The Kier molecular flexibility index (Phi) is 3.62. The molecule has 0 N–H and O–H groups in total. The van der Waals surface area contributed by atoms with Crippen LogP contribution in [0.1, 0.15) is 28.6 Å². The Hall–Kier alpha value is -0.880. The minimum absolute atomic E-state index is 0.214. The van der Waals surface area contributed by atoms with E-state index in [0.29, 0.717) is 6.54 Å². The van der Waals surface area contributed by atoms with Crippen LogP contribution in [-0.2, 0) is 13.0 Å². The number of aromatic nitrogens is 3. The molecular weight excluding hydrogens is 374 g/mol. The van der Waals surface area contributed by atoms with E-state index in [-0.39, 0.29) is 4.83 Å². The van der Waals surface area contributed by atoms with Crippen LogP contribution in [0.25, 0.3) is 0 Å². The van der Waals surface area contributed by atoms with Crippen LogP contribution in [-0.4, -0.2) is 21.6 Å². The molecule has 0 amide bonds. The molecule has 0 fully saturated rings. The number of fused-ring (bicyclic) bond motifs is 1. The lowest BCUT2D eigenvalue weighted by Gasteiger charge is -2.08. The summed E-state index contributed by atoms with van der Waals surface area (Å²) >= 11 is 7.04. The standard InChI is InChI=1S/C13H13Br2N3O/c1-8(14)12-7-18(17-16-12)6-10-5-11(15)4-9-2-3-19-13(9)10/h4-5,7-8H,2-3,6H2,1H3. The van der Waals surface area contributed by atoms with Crippen LogP contribution in [0.2, 0.25) is 0 Å². The third-order valence-corrected chi connectivity index (χ3v) is 4.05. The number of hydrogen-bond acceptors (Lipinski definition) is 3. The van der Waals surface area contributed by atoms with E-state index < -0.39 is 0 Å². The fourth-order valence-electron chi connectivity index (χ4n) is 2.21. The second kappa shape index (κ2) is 5.25. The minimum atomic E-state index is 0.214. The first kappa shape index (κ1) is 13.1. The predicted octanol–water partition coefficient (Wildman–Crippen LogP) is 3.48. The molecule has 2 aromatic rings. The van der Waals surface area contributed by atoms with Crippen molar-refractivity contribution >= 4 is 31.9 Å². The van der Waals surface area contributed by atoms with Gasteiger partial charge in [-0.15, -0.1) is 5.10 Å². The maximum absolute atomic E-state index is 5.72. The van der Waals surface area contributed by atoms with E-state index in [4.69, 9.17) is 4.74 Å². The Labute approximate surface area is 128 Å². The van der Waals surface area contributed by atoms with Gasteiger partial charge in [-0.25, -0.2) is 4.68 Å². The van der Waals surface area contributed by atoms with E-state index in [1.807, 2.05) is 17.8 Å². The van der Waals surface area contributed by atoms with Gasteiger partial charge in [-0.05, 0) is 24.6 Å². The highest BCUT2D eigenvalue weighted by Gasteiger charge is 2.18. The lowest BCUT2D eigenvalue weighted by Crippen LogP contribution is -2.02. The Morgan fingerprint density at radius 1 is 1.47 bits per heavy atom. The highest BCUT2D eigenvalue weighted by molar-refractivity contribution is 9.10. The normalized spacial score (nSPS) is 15.1. The van der Waals surface area contributed by atoms with Gasteiger partial charge in [0, 0.05) is 22.7 Å². The number of alkyl halides is 1. The highest BCUT2D eigenvalue weighted by atomic mass is 79.9. The largest absolute Gasteiger partial charge is 0.493 e. The summed E-state index contributed by atoms with van der Waals surface area (Å²) < 4.78 is 8.65. The first-order valence-corrected chi connectivity index (χ1v) is 7.82. The molecule has 2 heterocycles. The number of benzene rings is 1. The third kappa shape index (κ3) is 2.69. The summed E-state index contributed by atoms with van der Waals surface area (Å²) in [5.41, 5.74) is 3.34. The second-order valence-corrected chi connectivity index (χ2v) is 6.90. The predicted molar refractivity (Wildman–Crippen MR) is 79.8 cm³/mol. The zero-order valence-electron chi connectivity index (χ0n) is 10.4. The number of hydrogen-bond donors (Lipinski definition) is 0. The van der Waals surface area contributed by atoms with Gasteiger partial charge in [-0.2, -0.15) is 0 Å². The van der Waals surface area contributed by atoms with Gasteiger partial charge in [0.1, 0.15) is 5.75 Å². The summed E-state index contributed by atoms with van der Waals surface area (Å²) in [4.78, 5) is 0.214. The monoisotopic (exact) mass is 385 g/mol. The maximum Gasteiger partial charge on any atom is 0.127 e. The molecule has 6 heteroatoms. The van der Waals surface area contributed by atoms with Crippen LogP contribution in [0.3, 0.4) is 0 Å². The van der Waals surface area contributed by atoms with Crippen LogP contribution in [0.5, 0.6) is 5.75 Å². The molecule has 1 aromatic heterocycles. The summed E-state index contributed by atoms with van der Waals surface area (Å²) in [7, 11) is 0. The van der Waals surface area contributed by atoms with Gasteiger partial charge in [0.2, 0.25) is 0 Å². The Balaban J connectivity index is 1.90. The summed E-state index contributed by atoms with van der Waals surface area (Å²) in [5.74, 6) is 1.01. The number of nitrogens with zero attached hydrogens (tertiary/aromatic N) is 3. The number of halogens is 2. The van der Waals surface area contributed by atoms with Crippen LogP contribution >= 0.6 is 31.9 Å². The first-order valence-electron chi connectivity index (χ1n) is 6.11. The fourth-order valence-corrected chi connectivity index (χ4v) is 2.97. The molecule has 0 spiro atoms. The zero-order chi connectivity index (χ0) is 13.4. The van der Waals surface area contributed by atoms with Crippen LogP contribution in [0.4, 0.5) is 0 Å². The van der Waals surface area contributed by atoms with Gasteiger partial charge in [-0.3, -0.25) is 0 Å². The molecule has 0 saturated carbocycles. The fraction of sp³-hybridized carbons (Fsp3) is 0.385. The average molecular weight is 387 g/mol. The van der Waals surface area contributed by atoms with Gasteiger partial charge in [0.05, 0.1) is 23.7 Å². The summed E-state index contributed by atoms with van der Waals surface area (Å²) in [6.07, 6.45) is 2.94. The van der Waals surface area contributed by atoms with E-state index in [9.17, 15) is 0 Å². The molecule has 0 radical (unpaired) electrons. The molecule has 1 unspecified atom stereocenters. The van der Waals surface area contributed by atoms with Crippen LogP contribution in [0, 0.1) is 0 Å². The minimum Gasteiger partial charge on any atom is -0.493 e. The van der Waals surface area contributed by atoms with Crippen LogP contribution < -0.4 is 4.74 Å². The van der Waals surface area contributed by atoms with Crippen molar-refractivity contribution in [2.24, 2.45) is 0 Å². The lowest BCUT2D eigenvalue weighted by atomic mass is 10.1. The number of ether oxygens (including phenoxy) is 1. The maximum atomic E-state index is 5.72. The van der Waals surface area contributed by atoms with Gasteiger partial charge >= 0.3 is 0 Å². The summed E-state index contributed by atoms with van der Waals surface area (Å²) in [6.45, 7) is 3.47. The van der Waals surface area contributed by atoms with Crippen molar-refractivity contribution in [3.05, 3.63) is 39.6 Å². The van der Waals surface area contributed by atoms with Crippen molar-refractivity contribution in [3.8, 4) is 5.75 Å². The van der Waals surface area contributed by atoms with Crippen LogP contribution in [0.15, 0.2) is 22.8 Å². The van der Waals surface area contributed by atoms with Crippen molar-refractivity contribution in [3.63, 3.8) is 0 Å². The Morgan fingerprint density at radius 3 is 3.05 bits per heavy atom. The second-order valence-electron chi connectivity index (χ2n) is 4.61. The zero-order valence-corrected chi connectivity index (χ0v) is 13.6. The molecule has 0 bridgehead atoms. The average Bonchev–Trinajstić information content (AvgIpc) is 2.96. The first-order chi connectivity index (χ1) is 9.13. The molecular formula is C13H13Br2N3O. The lowest BCUT2D eigenvalue weighted by molar-refractivity contribution is 0.352. The third-order valence-electron chi connectivity index (χ3n) is 3.12. The molecule has 19 heavy (non-hydrogen) atoms. The van der Waals surface area contributed by atoms with E-state index in [1.54, 1.807) is 0 Å². The van der Waals surface area contributed by atoms with E-state index in [0.717, 1.165) is 34.5 Å². The smallest absolute Gasteiger partial charge is 0.127 e. The molecule has 3 rings (SSSR count). The highest BCUT2D eigenvalue weighted by Crippen LogP contribution is 2.33. The van der Waals surface area contributed by atoms with Gasteiger partial charge in [0.15, 0.2) is 0 Å². The summed E-state index contributed by atoms with van der Waals surface area (Å²) in [6, 6.07) is 4.21.